The molecule has 1 aliphatic rings. The third-order valence-corrected chi connectivity index (χ3v) is 4.48. The summed E-state index contributed by atoms with van der Waals surface area (Å²) in [5.74, 6) is 0. The van der Waals surface area contributed by atoms with Crippen LogP contribution in [0.4, 0.5) is 0 Å². The molecule has 2 rings (SSSR count). The molecule has 0 atom stereocenters. The zero-order valence-corrected chi connectivity index (χ0v) is 10.1. The highest BCUT2D eigenvalue weighted by molar-refractivity contribution is 7.89. The van der Waals surface area contributed by atoms with Gasteiger partial charge in [-0.15, -0.1) is 0 Å². The predicted molar refractivity (Wildman–Crippen MR) is 60.3 cm³/mol. The lowest BCUT2D eigenvalue weighted by Crippen LogP contribution is -2.48. The fraction of sp³-hybridized carbons (Fsp3) is 0.600. The molecule has 1 fully saturated rings. The van der Waals surface area contributed by atoms with E-state index in [2.05, 4.69) is 21.0 Å². The minimum absolute atomic E-state index is 0.00213. The van der Waals surface area contributed by atoms with Gasteiger partial charge in [0.2, 0.25) is 0 Å². The highest BCUT2D eigenvalue weighted by Gasteiger charge is 2.37. The molecule has 1 saturated carbocycles. The van der Waals surface area contributed by atoms with Crippen LogP contribution in [0.1, 0.15) is 32.1 Å². The Kier molecular flexibility index (Phi) is 3.17. The molecule has 7 heteroatoms. The summed E-state index contributed by atoms with van der Waals surface area (Å²) in [5, 5.41) is 15.2. The number of nitrogens with one attached hydrogen (secondary N) is 2. The highest BCUT2D eigenvalue weighted by Crippen LogP contribution is 2.28. The summed E-state index contributed by atoms with van der Waals surface area (Å²) in [4.78, 5) is 0. The molecule has 0 aliphatic heterocycles. The molecule has 6 nitrogen and oxygen atoms in total. The molecule has 1 aromatic heterocycles. The molecule has 0 bridgehead atoms. The molecule has 2 N–H and O–H groups in total. The molecule has 0 spiro atoms. The minimum atomic E-state index is -3.68. The van der Waals surface area contributed by atoms with Gasteiger partial charge in [0.15, 0.2) is 5.03 Å². The lowest BCUT2D eigenvalue weighted by atomic mass is 9.84. The Hall–Kier alpha value is -1.39. The summed E-state index contributed by atoms with van der Waals surface area (Å²) in [6.07, 6.45) is 5.30. The second kappa shape index (κ2) is 4.47. The van der Waals surface area contributed by atoms with E-state index in [1.807, 2.05) is 0 Å². The molecule has 92 valence electrons. The largest absolute Gasteiger partial charge is 0.266 e. The zero-order valence-electron chi connectivity index (χ0n) is 9.31. The van der Waals surface area contributed by atoms with E-state index in [0.717, 1.165) is 19.3 Å². The van der Waals surface area contributed by atoms with Gasteiger partial charge in [0.05, 0.1) is 12.3 Å². The van der Waals surface area contributed by atoms with Crippen molar-refractivity contribution in [2.45, 2.75) is 42.7 Å². The first-order valence-corrected chi connectivity index (χ1v) is 7.01. The number of hydrogen-bond acceptors (Lipinski definition) is 4. The van der Waals surface area contributed by atoms with Gasteiger partial charge in [-0.2, -0.15) is 15.1 Å². The molecule has 17 heavy (non-hydrogen) atoms. The lowest BCUT2D eigenvalue weighted by Gasteiger charge is -2.30. The molecule has 1 heterocycles. The van der Waals surface area contributed by atoms with E-state index in [4.69, 9.17) is 0 Å². The van der Waals surface area contributed by atoms with E-state index in [1.165, 1.54) is 12.3 Å². The Morgan fingerprint density at radius 3 is 2.65 bits per heavy atom. The number of nitrogens with zero attached hydrogens (tertiary/aromatic N) is 2. The average Bonchev–Trinajstić information content (AvgIpc) is 2.84. The highest BCUT2D eigenvalue weighted by atomic mass is 32.2. The van der Waals surface area contributed by atoms with Crippen LogP contribution in [0.3, 0.4) is 0 Å². The SMILES string of the molecule is N#CC1(NS(=O)(=O)c2ccn[nH]2)CCCCC1. The van der Waals surface area contributed by atoms with Crippen LogP contribution in [0, 0.1) is 11.3 Å². The van der Waals surface area contributed by atoms with Crippen molar-refractivity contribution in [1.82, 2.24) is 14.9 Å². The van der Waals surface area contributed by atoms with E-state index in [1.54, 1.807) is 0 Å². The number of aromatic nitrogens is 2. The summed E-state index contributed by atoms with van der Waals surface area (Å²) in [6.45, 7) is 0. The van der Waals surface area contributed by atoms with Crippen LogP contribution in [0.5, 0.6) is 0 Å². The van der Waals surface area contributed by atoms with Gasteiger partial charge >= 0.3 is 0 Å². The Bertz CT molecular complexity index is 509. The van der Waals surface area contributed by atoms with Crippen LogP contribution >= 0.6 is 0 Å². The summed E-state index contributed by atoms with van der Waals surface area (Å²) >= 11 is 0. The minimum Gasteiger partial charge on any atom is -0.266 e. The van der Waals surface area contributed by atoms with Gasteiger partial charge < -0.3 is 0 Å². The van der Waals surface area contributed by atoms with Crippen molar-refractivity contribution >= 4 is 10.0 Å². The average molecular weight is 254 g/mol. The van der Waals surface area contributed by atoms with Gasteiger partial charge in [-0.05, 0) is 18.9 Å². The topological polar surface area (TPSA) is 98.6 Å². The smallest absolute Gasteiger partial charge is 0.258 e. The van der Waals surface area contributed by atoms with Crippen molar-refractivity contribution in [1.29, 1.82) is 5.26 Å². The second-order valence-corrected chi connectivity index (χ2v) is 5.93. The van der Waals surface area contributed by atoms with Gasteiger partial charge in [-0.3, -0.25) is 5.10 Å². The van der Waals surface area contributed by atoms with Crippen LogP contribution in [0.2, 0.25) is 0 Å². The molecular weight excluding hydrogens is 240 g/mol. The Labute approximate surface area is 100 Å². The van der Waals surface area contributed by atoms with E-state index >= 15 is 0 Å². The predicted octanol–water partition coefficient (Wildman–Crippen LogP) is 0.914. The number of aromatic amines is 1. The quantitative estimate of drug-likeness (QED) is 0.837. The Morgan fingerprint density at radius 2 is 2.12 bits per heavy atom. The van der Waals surface area contributed by atoms with Crippen molar-refractivity contribution in [3.05, 3.63) is 12.3 Å². The number of rotatable bonds is 3. The van der Waals surface area contributed by atoms with E-state index < -0.39 is 15.6 Å². The number of H-pyrrole nitrogens is 1. The molecule has 0 aromatic carbocycles. The Morgan fingerprint density at radius 1 is 1.41 bits per heavy atom. The molecule has 0 unspecified atom stereocenters. The van der Waals surface area contributed by atoms with Crippen molar-refractivity contribution in [2.24, 2.45) is 0 Å². The third-order valence-electron chi connectivity index (χ3n) is 3.02. The van der Waals surface area contributed by atoms with Gasteiger partial charge in [0, 0.05) is 0 Å². The van der Waals surface area contributed by atoms with Crippen LogP contribution < -0.4 is 4.72 Å². The lowest BCUT2D eigenvalue weighted by molar-refractivity contribution is 0.337. The normalized spacial score (nSPS) is 19.7. The molecule has 0 radical (unpaired) electrons. The third kappa shape index (κ3) is 2.48. The first-order valence-electron chi connectivity index (χ1n) is 5.53. The van der Waals surface area contributed by atoms with Crippen molar-refractivity contribution in [2.75, 3.05) is 0 Å². The van der Waals surface area contributed by atoms with Crippen molar-refractivity contribution in [3.63, 3.8) is 0 Å². The van der Waals surface area contributed by atoms with Crippen molar-refractivity contribution in [3.8, 4) is 6.07 Å². The molecule has 0 saturated heterocycles. The van der Waals surface area contributed by atoms with Gasteiger partial charge in [-0.1, -0.05) is 19.3 Å². The fourth-order valence-corrected chi connectivity index (χ4v) is 3.38. The van der Waals surface area contributed by atoms with Crippen molar-refractivity contribution < 1.29 is 8.42 Å². The maximum atomic E-state index is 12.0. The van der Waals surface area contributed by atoms with E-state index in [9.17, 15) is 13.7 Å². The number of nitriles is 1. The molecule has 0 amide bonds. The summed E-state index contributed by atoms with van der Waals surface area (Å²) in [6, 6.07) is 3.48. The van der Waals surface area contributed by atoms with Gasteiger partial charge in [0.1, 0.15) is 5.54 Å². The van der Waals surface area contributed by atoms with Crippen LogP contribution in [0.15, 0.2) is 17.3 Å². The van der Waals surface area contributed by atoms with Crippen LogP contribution in [-0.2, 0) is 10.0 Å². The second-order valence-electron chi connectivity index (χ2n) is 4.28. The van der Waals surface area contributed by atoms with Crippen LogP contribution in [0.25, 0.3) is 0 Å². The fourth-order valence-electron chi connectivity index (χ4n) is 2.10. The van der Waals surface area contributed by atoms with E-state index in [-0.39, 0.29) is 5.03 Å². The molecule has 1 aliphatic carbocycles. The van der Waals surface area contributed by atoms with Crippen LogP contribution in [-0.4, -0.2) is 24.2 Å². The maximum absolute atomic E-state index is 12.0. The maximum Gasteiger partial charge on any atom is 0.258 e. The molecule has 1 aromatic rings. The van der Waals surface area contributed by atoms with Gasteiger partial charge in [0.25, 0.3) is 10.0 Å². The molecular formula is C10H14N4O2S. The first kappa shape index (κ1) is 12.1. The number of sulfonamides is 1. The Balaban J connectivity index is 2.22. The zero-order chi connectivity index (χ0) is 12.4. The first-order chi connectivity index (χ1) is 8.08. The standard InChI is InChI=1S/C10H14N4O2S/c11-8-10(5-2-1-3-6-10)14-17(15,16)9-4-7-12-13-9/h4,7,14H,1-3,5-6H2,(H,12,13). The summed E-state index contributed by atoms with van der Waals surface area (Å²) < 4.78 is 26.5. The van der Waals surface area contributed by atoms with E-state index in [0.29, 0.717) is 12.8 Å². The van der Waals surface area contributed by atoms with Gasteiger partial charge in [-0.25, -0.2) is 8.42 Å². The summed E-state index contributed by atoms with van der Waals surface area (Å²) in [5.41, 5.74) is -0.956. The number of hydrogen-bond donors (Lipinski definition) is 2. The summed E-state index contributed by atoms with van der Waals surface area (Å²) in [7, 11) is -3.68. The monoisotopic (exact) mass is 254 g/mol.